The number of carbonyl (C=O) groups excluding carboxylic acids is 2. The number of rotatable bonds is 12. The monoisotopic (exact) mass is 500 g/mol. The summed E-state index contributed by atoms with van der Waals surface area (Å²) in [5.41, 5.74) is 2.37. The van der Waals surface area contributed by atoms with Crippen molar-refractivity contribution in [1.29, 1.82) is 0 Å². The zero-order chi connectivity index (χ0) is 26.7. The van der Waals surface area contributed by atoms with Crippen molar-refractivity contribution in [3.05, 3.63) is 95.1 Å². The van der Waals surface area contributed by atoms with Crippen LogP contribution < -0.4 is 9.47 Å². The summed E-state index contributed by atoms with van der Waals surface area (Å²) < 4.78 is 21.7. The van der Waals surface area contributed by atoms with Crippen molar-refractivity contribution in [2.24, 2.45) is 0 Å². The van der Waals surface area contributed by atoms with E-state index in [0.29, 0.717) is 30.1 Å². The van der Waals surface area contributed by atoms with Gasteiger partial charge in [0, 0.05) is 12.7 Å². The highest BCUT2D eigenvalue weighted by Gasteiger charge is 2.27. The molecule has 3 aromatic carbocycles. The summed E-state index contributed by atoms with van der Waals surface area (Å²) in [5, 5.41) is 0. The second-order valence-electron chi connectivity index (χ2n) is 8.51. The Hall–Kier alpha value is -4.08. The Morgan fingerprint density at radius 2 is 1.32 bits per heavy atom. The highest BCUT2D eigenvalue weighted by atomic mass is 16.6. The minimum atomic E-state index is -0.512. The Morgan fingerprint density at radius 3 is 1.84 bits per heavy atom. The third kappa shape index (κ3) is 7.45. The van der Waals surface area contributed by atoms with E-state index < -0.39 is 11.4 Å². The Labute approximate surface area is 218 Å². The summed E-state index contributed by atoms with van der Waals surface area (Å²) in [7, 11) is 1.64. The average molecular weight is 501 g/mol. The smallest absolute Gasteiger partial charge is 0.338 e. The van der Waals surface area contributed by atoms with Crippen LogP contribution in [0.2, 0.25) is 0 Å². The normalized spacial score (nSPS) is 12.0. The van der Waals surface area contributed by atoms with Gasteiger partial charge in [-0.3, -0.25) is 4.79 Å². The maximum absolute atomic E-state index is 12.3. The van der Waals surface area contributed by atoms with E-state index in [4.69, 9.17) is 18.9 Å². The number of hydrogen-bond donors (Lipinski definition) is 0. The maximum atomic E-state index is 12.3. The lowest BCUT2D eigenvalue weighted by Crippen LogP contribution is -2.21. The first-order valence-corrected chi connectivity index (χ1v) is 12.0. The van der Waals surface area contributed by atoms with Gasteiger partial charge < -0.3 is 18.9 Å². The molecule has 0 bridgehead atoms. The van der Waals surface area contributed by atoms with Crippen LogP contribution in [0.15, 0.2) is 72.8 Å². The highest BCUT2D eigenvalue weighted by molar-refractivity contribution is 5.97. The van der Waals surface area contributed by atoms with Gasteiger partial charge in [0.05, 0.1) is 17.6 Å². The molecule has 6 nitrogen and oxygen atoms in total. The third-order valence-electron chi connectivity index (χ3n) is 5.88. The molecule has 0 aliphatic carbocycles. The number of methoxy groups -OCH3 is 1. The van der Waals surface area contributed by atoms with Crippen LogP contribution in [0, 0.1) is 11.8 Å². The Morgan fingerprint density at radius 1 is 0.784 bits per heavy atom. The Balaban J connectivity index is 1.59. The SMILES string of the molecule is CC#CC(C)(c1ccc(OCCOC)cc1)c1ccc(OCCOC(=O)c2cccc(C(C)=O)c2)cc1. The molecule has 0 spiro atoms. The number of ketones is 1. The molecule has 37 heavy (non-hydrogen) atoms. The van der Waals surface area contributed by atoms with E-state index in [-0.39, 0.29) is 19.0 Å². The van der Waals surface area contributed by atoms with Crippen molar-refractivity contribution >= 4 is 11.8 Å². The molecule has 0 saturated carbocycles. The van der Waals surface area contributed by atoms with Crippen molar-refractivity contribution in [3.63, 3.8) is 0 Å². The van der Waals surface area contributed by atoms with Crippen molar-refractivity contribution in [3.8, 4) is 23.3 Å². The lowest BCUT2D eigenvalue weighted by Gasteiger charge is -2.25. The molecule has 0 amide bonds. The van der Waals surface area contributed by atoms with Gasteiger partial charge in [-0.1, -0.05) is 42.3 Å². The number of benzene rings is 3. The molecular formula is C31H32O6. The molecule has 0 aromatic heterocycles. The fourth-order valence-electron chi connectivity index (χ4n) is 3.82. The summed E-state index contributed by atoms with van der Waals surface area (Å²) in [6, 6.07) is 22.1. The molecule has 0 N–H and O–H groups in total. The first-order valence-electron chi connectivity index (χ1n) is 12.0. The zero-order valence-electron chi connectivity index (χ0n) is 21.7. The first kappa shape index (κ1) is 27.5. The fourth-order valence-corrected chi connectivity index (χ4v) is 3.82. The van der Waals surface area contributed by atoms with Crippen molar-refractivity contribution < 1.29 is 28.5 Å². The summed E-state index contributed by atoms with van der Waals surface area (Å²) in [6.45, 7) is 6.69. The molecule has 0 saturated heterocycles. The quantitative estimate of drug-likeness (QED) is 0.142. The number of ether oxygens (including phenoxy) is 4. The largest absolute Gasteiger partial charge is 0.491 e. The van der Waals surface area contributed by atoms with Crippen LogP contribution in [-0.4, -0.2) is 45.3 Å². The number of carbonyl (C=O) groups is 2. The van der Waals surface area contributed by atoms with Crippen LogP contribution in [0.4, 0.5) is 0 Å². The summed E-state index contributed by atoms with van der Waals surface area (Å²) in [5.74, 6) is 7.24. The van der Waals surface area contributed by atoms with Crippen LogP contribution in [0.5, 0.6) is 11.5 Å². The molecule has 6 heteroatoms. The average Bonchev–Trinajstić information content (AvgIpc) is 2.92. The lowest BCUT2D eigenvalue weighted by atomic mass is 9.77. The second-order valence-corrected chi connectivity index (χ2v) is 8.51. The minimum absolute atomic E-state index is 0.0860. The molecule has 0 heterocycles. The van der Waals surface area contributed by atoms with E-state index in [0.717, 1.165) is 16.9 Å². The van der Waals surface area contributed by atoms with Crippen LogP contribution in [0.25, 0.3) is 0 Å². The summed E-state index contributed by atoms with van der Waals surface area (Å²) >= 11 is 0. The van der Waals surface area contributed by atoms with Gasteiger partial charge in [0.2, 0.25) is 0 Å². The van der Waals surface area contributed by atoms with E-state index in [1.54, 1.807) is 25.3 Å². The fraction of sp³-hybridized carbons (Fsp3) is 0.290. The Kier molecular flexibility index (Phi) is 9.88. The van der Waals surface area contributed by atoms with Gasteiger partial charge in [0.25, 0.3) is 0 Å². The molecule has 0 fully saturated rings. The molecule has 3 aromatic rings. The van der Waals surface area contributed by atoms with E-state index in [1.807, 2.05) is 55.5 Å². The highest BCUT2D eigenvalue weighted by Crippen LogP contribution is 2.33. The molecule has 0 aliphatic rings. The standard InChI is InChI=1S/C31H32O6/c1-5-17-31(3,26-9-13-28(14-10-26)35-19-18-34-4)27-11-15-29(16-12-27)36-20-21-37-30(33)25-8-6-7-24(22-25)23(2)32/h6-16,22H,18-21H2,1-4H3. The predicted molar refractivity (Wildman–Crippen MR) is 142 cm³/mol. The van der Waals surface area contributed by atoms with E-state index in [1.165, 1.54) is 13.0 Å². The zero-order valence-corrected chi connectivity index (χ0v) is 21.7. The molecular weight excluding hydrogens is 468 g/mol. The van der Waals surface area contributed by atoms with E-state index in [2.05, 4.69) is 18.8 Å². The van der Waals surface area contributed by atoms with Gasteiger partial charge in [0.15, 0.2) is 5.78 Å². The van der Waals surface area contributed by atoms with Crippen LogP contribution in [0.3, 0.4) is 0 Å². The van der Waals surface area contributed by atoms with Gasteiger partial charge in [-0.15, -0.1) is 5.92 Å². The number of hydrogen-bond acceptors (Lipinski definition) is 6. The van der Waals surface area contributed by atoms with Crippen LogP contribution in [0.1, 0.15) is 52.6 Å². The number of esters is 1. The van der Waals surface area contributed by atoms with E-state index >= 15 is 0 Å². The van der Waals surface area contributed by atoms with Crippen LogP contribution >= 0.6 is 0 Å². The molecule has 0 radical (unpaired) electrons. The van der Waals surface area contributed by atoms with E-state index in [9.17, 15) is 9.59 Å². The van der Waals surface area contributed by atoms with Gasteiger partial charge in [-0.25, -0.2) is 4.79 Å². The number of Topliss-reactive ketones (excluding diaryl/α,β-unsaturated/α-hetero) is 1. The van der Waals surface area contributed by atoms with Gasteiger partial charge in [-0.2, -0.15) is 0 Å². The molecule has 1 unspecified atom stereocenters. The van der Waals surface area contributed by atoms with Crippen molar-refractivity contribution in [2.75, 3.05) is 33.5 Å². The van der Waals surface area contributed by atoms with Crippen LogP contribution in [-0.2, 0) is 14.9 Å². The molecule has 192 valence electrons. The maximum Gasteiger partial charge on any atom is 0.338 e. The second kappa shape index (κ2) is 13.3. The van der Waals surface area contributed by atoms with Crippen molar-refractivity contribution in [2.45, 2.75) is 26.2 Å². The molecule has 1 atom stereocenters. The summed E-state index contributed by atoms with van der Waals surface area (Å²) in [6.07, 6.45) is 0. The molecule has 3 rings (SSSR count). The van der Waals surface area contributed by atoms with Gasteiger partial charge in [-0.05, 0) is 68.3 Å². The molecule has 0 aliphatic heterocycles. The van der Waals surface area contributed by atoms with Gasteiger partial charge in [0.1, 0.15) is 31.3 Å². The van der Waals surface area contributed by atoms with Gasteiger partial charge >= 0.3 is 5.97 Å². The lowest BCUT2D eigenvalue weighted by molar-refractivity contribution is 0.0450. The Bertz CT molecular complexity index is 1250. The first-order chi connectivity index (χ1) is 17.9. The third-order valence-corrected chi connectivity index (χ3v) is 5.88. The summed E-state index contributed by atoms with van der Waals surface area (Å²) in [4.78, 5) is 23.8. The predicted octanol–water partition coefficient (Wildman–Crippen LogP) is 5.48. The topological polar surface area (TPSA) is 71.1 Å². The minimum Gasteiger partial charge on any atom is -0.491 e. The van der Waals surface area contributed by atoms with Crippen molar-refractivity contribution in [1.82, 2.24) is 0 Å².